The third kappa shape index (κ3) is 4.24. The minimum Gasteiger partial charge on any atom is -0.340 e. The lowest BCUT2D eigenvalue weighted by Gasteiger charge is -2.10. The molecule has 0 aliphatic heterocycles. The Kier molecular flexibility index (Phi) is 5.84. The molecule has 3 aromatic carbocycles. The first-order chi connectivity index (χ1) is 17.1. The first-order valence-corrected chi connectivity index (χ1v) is 13.8. The SMILES string of the molecule is CCc1sc2ncnc(Nc3ccc(-c4nc5ccc(C)cc5s4)cc3)c2c1-c1ccc(Br)cc1. The van der Waals surface area contributed by atoms with Gasteiger partial charge in [0.15, 0.2) is 0 Å². The maximum Gasteiger partial charge on any atom is 0.143 e. The van der Waals surface area contributed by atoms with E-state index in [1.165, 1.54) is 26.3 Å². The Labute approximate surface area is 219 Å². The highest BCUT2D eigenvalue weighted by molar-refractivity contribution is 9.10. The van der Waals surface area contributed by atoms with E-state index < -0.39 is 0 Å². The summed E-state index contributed by atoms with van der Waals surface area (Å²) in [6.45, 7) is 4.30. The summed E-state index contributed by atoms with van der Waals surface area (Å²) in [6, 6.07) is 23.3. The van der Waals surface area contributed by atoms with Gasteiger partial charge in [0.1, 0.15) is 22.0 Å². The molecule has 0 amide bonds. The zero-order valence-electron chi connectivity index (χ0n) is 19.2. The molecule has 0 unspecified atom stereocenters. The fraction of sp³-hybridized carbons (Fsp3) is 0.107. The van der Waals surface area contributed by atoms with Crippen molar-refractivity contribution in [3.05, 3.63) is 88.0 Å². The third-order valence-electron chi connectivity index (χ3n) is 5.95. The number of anilines is 2. The number of benzene rings is 3. The van der Waals surface area contributed by atoms with E-state index in [2.05, 4.69) is 112 Å². The van der Waals surface area contributed by atoms with Crippen LogP contribution in [0.4, 0.5) is 11.5 Å². The number of hydrogen-bond donors (Lipinski definition) is 1. The van der Waals surface area contributed by atoms with Gasteiger partial charge in [0.05, 0.1) is 15.6 Å². The molecule has 1 N–H and O–H groups in total. The average molecular weight is 558 g/mol. The lowest BCUT2D eigenvalue weighted by molar-refractivity contribution is 1.19. The van der Waals surface area contributed by atoms with E-state index in [0.29, 0.717) is 0 Å². The van der Waals surface area contributed by atoms with Gasteiger partial charge in [0, 0.05) is 26.2 Å². The molecule has 6 rings (SSSR count). The Morgan fingerprint density at radius 2 is 1.66 bits per heavy atom. The standard InChI is InChI=1S/C28H21BrN4S2/c1-3-22-24(17-5-9-19(29)10-6-17)25-26(30-15-31-28(25)34-22)32-20-11-7-18(8-12-20)27-33-21-13-4-16(2)14-23(21)35-27/h4-15H,3H2,1-2H3,(H,30,31,32). The second kappa shape index (κ2) is 9.15. The Balaban J connectivity index is 1.37. The van der Waals surface area contributed by atoms with E-state index in [4.69, 9.17) is 4.98 Å². The lowest BCUT2D eigenvalue weighted by Crippen LogP contribution is -1.96. The minimum atomic E-state index is 0.826. The second-order valence-corrected chi connectivity index (χ2v) is 11.4. The van der Waals surface area contributed by atoms with Crippen molar-refractivity contribution in [2.75, 3.05) is 5.32 Å². The molecule has 0 aliphatic rings. The quantitative estimate of drug-likeness (QED) is 0.230. The van der Waals surface area contributed by atoms with Crippen molar-refractivity contribution in [3.8, 4) is 21.7 Å². The highest BCUT2D eigenvalue weighted by Crippen LogP contribution is 2.42. The van der Waals surface area contributed by atoms with Gasteiger partial charge in [-0.2, -0.15) is 0 Å². The van der Waals surface area contributed by atoms with Crippen molar-refractivity contribution >= 4 is 70.5 Å². The molecule has 0 spiro atoms. The molecule has 0 saturated heterocycles. The fourth-order valence-electron chi connectivity index (χ4n) is 4.23. The van der Waals surface area contributed by atoms with Crippen LogP contribution < -0.4 is 5.32 Å². The molecular formula is C28H21BrN4S2. The van der Waals surface area contributed by atoms with Crippen LogP contribution in [0.25, 0.3) is 42.1 Å². The number of halogens is 1. The molecule has 4 nitrogen and oxygen atoms in total. The highest BCUT2D eigenvalue weighted by Gasteiger charge is 2.18. The zero-order valence-corrected chi connectivity index (χ0v) is 22.4. The third-order valence-corrected chi connectivity index (χ3v) is 8.79. The van der Waals surface area contributed by atoms with Crippen LogP contribution in [-0.2, 0) is 6.42 Å². The first kappa shape index (κ1) is 22.3. The maximum absolute atomic E-state index is 4.82. The molecule has 35 heavy (non-hydrogen) atoms. The van der Waals surface area contributed by atoms with Gasteiger partial charge in [-0.05, 0) is 73.0 Å². The number of nitrogens with one attached hydrogen (secondary N) is 1. The first-order valence-electron chi connectivity index (χ1n) is 11.4. The molecule has 0 bridgehead atoms. The normalized spacial score (nSPS) is 11.4. The molecule has 0 fully saturated rings. The number of fused-ring (bicyclic) bond motifs is 2. The van der Waals surface area contributed by atoms with Gasteiger partial charge in [-0.3, -0.25) is 0 Å². The predicted molar refractivity (Wildman–Crippen MR) is 153 cm³/mol. The van der Waals surface area contributed by atoms with Crippen LogP contribution in [0.3, 0.4) is 0 Å². The number of aryl methyl sites for hydroxylation is 2. The predicted octanol–water partition coefficient (Wildman–Crippen LogP) is 9.01. The largest absolute Gasteiger partial charge is 0.340 e. The van der Waals surface area contributed by atoms with Crippen molar-refractivity contribution in [2.24, 2.45) is 0 Å². The van der Waals surface area contributed by atoms with Gasteiger partial charge in [-0.15, -0.1) is 22.7 Å². The number of nitrogens with zero attached hydrogens (tertiary/aromatic N) is 3. The van der Waals surface area contributed by atoms with E-state index in [1.807, 2.05) is 0 Å². The van der Waals surface area contributed by atoms with Gasteiger partial charge in [0.2, 0.25) is 0 Å². The number of hydrogen-bond acceptors (Lipinski definition) is 6. The number of thiophene rings is 1. The number of rotatable bonds is 5. The second-order valence-electron chi connectivity index (χ2n) is 8.36. The van der Waals surface area contributed by atoms with Crippen molar-refractivity contribution in [1.82, 2.24) is 15.0 Å². The van der Waals surface area contributed by atoms with E-state index in [1.54, 1.807) is 29.0 Å². The smallest absolute Gasteiger partial charge is 0.143 e. The zero-order chi connectivity index (χ0) is 23.9. The summed E-state index contributed by atoms with van der Waals surface area (Å²) in [5.74, 6) is 0.826. The van der Waals surface area contributed by atoms with Crippen molar-refractivity contribution < 1.29 is 0 Å². The van der Waals surface area contributed by atoms with Gasteiger partial charge in [-0.1, -0.05) is 41.1 Å². The summed E-state index contributed by atoms with van der Waals surface area (Å²) in [5.41, 5.74) is 6.79. The summed E-state index contributed by atoms with van der Waals surface area (Å²) in [4.78, 5) is 16.4. The van der Waals surface area contributed by atoms with E-state index in [9.17, 15) is 0 Å². The molecule has 0 saturated carbocycles. The van der Waals surface area contributed by atoms with Gasteiger partial charge >= 0.3 is 0 Å². The van der Waals surface area contributed by atoms with Crippen LogP contribution in [-0.4, -0.2) is 15.0 Å². The maximum atomic E-state index is 4.82. The molecule has 0 aliphatic carbocycles. The van der Waals surface area contributed by atoms with Crippen LogP contribution in [0.1, 0.15) is 17.4 Å². The van der Waals surface area contributed by atoms with Crippen LogP contribution in [0.15, 0.2) is 77.5 Å². The molecule has 3 aromatic heterocycles. The van der Waals surface area contributed by atoms with E-state index in [0.717, 1.165) is 48.7 Å². The average Bonchev–Trinajstić information content (AvgIpc) is 3.47. The lowest BCUT2D eigenvalue weighted by atomic mass is 10.0. The summed E-state index contributed by atoms with van der Waals surface area (Å²) in [5, 5.41) is 5.65. The van der Waals surface area contributed by atoms with Crippen molar-refractivity contribution in [2.45, 2.75) is 20.3 Å². The molecule has 3 heterocycles. The van der Waals surface area contributed by atoms with Gasteiger partial charge in [0.25, 0.3) is 0 Å². The molecule has 6 aromatic rings. The minimum absolute atomic E-state index is 0.826. The molecular weight excluding hydrogens is 536 g/mol. The summed E-state index contributed by atoms with van der Waals surface area (Å²) in [7, 11) is 0. The Morgan fingerprint density at radius 3 is 2.43 bits per heavy atom. The van der Waals surface area contributed by atoms with Gasteiger partial charge in [-0.25, -0.2) is 15.0 Å². The topological polar surface area (TPSA) is 50.7 Å². The van der Waals surface area contributed by atoms with E-state index in [-0.39, 0.29) is 0 Å². The fourth-order valence-corrected chi connectivity index (χ4v) is 6.67. The van der Waals surface area contributed by atoms with Crippen LogP contribution in [0, 0.1) is 6.92 Å². The number of thiazole rings is 1. The summed E-state index contributed by atoms with van der Waals surface area (Å²) in [6.07, 6.45) is 2.59. The van der Waals surface area contributed by atoms with E-state index >= 15 is 0 Å². The summed E-state index contributed by atoms with van der Waals surface area (Å²) >= 11 is 7.02. The molecule has 172 valence electrons. The van der Waals surface area contributed by atoms with Crippen LogP contribution in [0.2, 0.25) is 0 Å². The van der Waals surface area contributed by atoms with Crippen LogP contribution in [0.5, 0.6) is 0 Å². The summed E-state index contributed by atoms with van der Waals surface area (Å²) < 4.78 is 2.28. The van der Waals surface area contributed by atoms with Crippen LogP contribution >= 0.6 is 38.6 Å². The van der Waals surface area contributed by atoms with Gasteiger partial charge < -0.3 is 5.32 Å². The number of aromatic nitrogens is 3. The molecule has 0 radical (unpaired) electrons. The Bertz CT molecular complexity index is 1670. The monoisotopic (exact) mass is 556 g/mol. The molecule has 7 heteroatoms. The van der Waals surface area contributed by atoms with Crippen molar-refractivity contribution in [1.29, 1.82) is 0 Å². The van der Waals surface area contributed by atoms with Crippen molar-refractivity contribution in [3.63, 3.8) is 0 Å². The Hall–Kier alpha value is -3.13. The molecule has 0 atom stereocenters. The highest BCUT2D eigenvalue weighted by atomic mass is 79.9. The Morgan fingerprint density at radius 1 is 0.886 bits per heavy atom.